The van der Waals surface area contributed by atoms with Crippen molar-refractivity contribution in [1.29, 1.82) is 0 Å². The second-order valence-corrected chi connectivity index (χ2v) is 1.31. The summed E-state index contributed by atoms with van der Waals surface area (Å²) in [6.45, 7) is 0. The summed E-state index contributed by atoms with van der Waals surface area (Å²) in [4.78, 5) is 0. The van der Waals surface area contributed by atoms with Crippen molar-refractivity contribution >= 4 is 102 Å². The summed E-state index contributed by atoms with van der Waals surface area (Å²) in [5.74, 6) is 0. The molecule has 18 heavy (non-hydrogen) atoms. The first-order valence-corrected chi connectivity index (χ1v) is 3.01. The molecule has 2 radical (unpaired) electrons. The Morgan fingerprint density at radius 2 is 0.556 bits per heavy atom. The SMILES string of the molecule is OB(O)O.OB(O)O.[O-]B(O)O.[O-]B([O-])[O-].[Pb+2].[Sr+2]. The van der Waals surface area contributed by atoms with Crippen molar-refractivity contribution in [3.8, 4) is 0 Å². The molecular formula is H8B4O12PbSr. The summed E-state index contributed by atoms with van der Waals surface area (Å²) in [6.07, 6.45) is 0. The Kier molecular flexibility index (Phi) is 64.7. The molecular weight excluding hydrogens is 530 g/mol. The minimum Gasteiger partial charge on any atom is -0.907 e. The van der Waals surface area contributed by atoms with E-state index >= 15 is 0 Å². The summed E-state index contributed by atoms with van der Waals surface area (Å²) in [5, 5.41) is 91.0. The van der Waals surface area contributed by atoms with Gasteiger partial charge in [-0.15, -0.1) is 0 Å². The molecule has 0 aliphatic rings. The van der Waals surface area contributed by atoms with E-state index in [9.17, 15) is 0 Å². The van der Waals surface area contributed by atoms with Crippen LogP contribution in [0.2, 0.25) is 0 Å². The molecule has 98 valence electrons. The van der Waals surface area contributed by atoms with Gasteiger partial charge in [0.2, 0.25) is 0 Å². The Bertz CT molecular complexity index is 67.1. The van der Waals surface area contributed by atoms with Crippen LogP contribution in [0.25, 0.3) is 0 Å². The Morgan fingerprint density at radius 1 is 0.556 bits per heavy atom. The van der Waals surface area contributed by atoms with Crippen LogP contribution in [0.4, 0.5) is 0 Å². The van der Waals surface area contributed by atoms with Gasteiger partial charge in [-0.05, 0) is 0 Å². The molecule has 0 aromatic carbocycles. The summed E-state index contributed by atoms with van der Waals surface area (Å²) in [7, 11) is -9.67. The van der Waals surface area contributed by atoms with Gasteiger partial charge in [-0.2, -0.15) is 0 Å². The second-order valence-electron chi connectivity index (χ2n) is 1.31. The molecule has 0 fully saturated rings. The summed E-state index contributed by atoms with van der Waals surface area (Å²) >= 11 is 0. The predicted octanol–water partition coefficient (Wildman–Crippen LogP) is -11.5. The van der Waals surface area contributed by atoms with E-state index in [0.29, 0.717) is 0 Å². The average molecular weight is 538 g/mol. The zero-order valence-electron chi connectivity index (χ0n) is 8.73. The summed E-state index contributed by atoms with van der Waals surface area (Å²) < 4.78 is 0. The molecule has 0 saturated heterocycles. The first-order chi connectivity index (χ1) is 6.93. The molecule has 18 heteroatoms. The van der Waals surface area contributed by atoms with Gasteiger partial charge in [0.1, 0.15) is 0 Å². The van der Waals surface area contributed by atoms with Crippen molar-refractivity contribution in [3.05, 3.63) is 0 Å². The standard InChI is InChI=1S/2BH3O3.BH2O3.BO3.Pb.Sr/c4*2-1(3)4;;/h2*2-4H;2-3H;;;/q;;-1;-3;2*+2. The Labute approximate surface area is 160 Å². The minimum atomic E-state index is -2.92. The molecule has 0 aromatic heterocycles. The van der Waals surface area contributed by atoms with Crippen molar-refractivity contribution in [2.45, 2.75) is 0 Å². The zero-order chi connectivity index (χ0) is 14.3. The van der Waals surface area contributed by atoms with Gasteiger partial charge >= 0.3 is 94.7 Å². The van der Waals surface area contributed by atoms with Crippen LogP contribution >= 0.6 is 0 Å². The molecule has 0 aromatic rings. The fourth-order valence-electron chi connectivity index (χ4n) is 0. The quantitative estimate of drug-likeness (QED) is 0.134. The maximum absolute atomic E-state index is 8.64. The molecule has 0 heterocycles. The molecule has 0 aliphatic carbocycles. The molecule has 0 bridgehead atoms. The van der Waals surface area contributed by atoms with Gasteiger partial charge in [0, 0.05) is 0 Å². The van der Waals surface area contributed by atoms with E-state index in [-0.39, 0.29) is 72.8 Å². The van der Waals surface area contributed by atoms with E-state index in [1.807, 2.05) is 0 Å². The monoisotopic (exact) mass is 540 g/mol. The molecule has 0 amide bonds. The van der Waals surface area contributed by atoms with Gasteiger partial charge in [-0.3, -0.25) is 7.32 Å². The van der Waals surface area contributed by atoms with E-state index < -0.39 is 29.3 Å². The van der Waals surface area contributed by atoms with Crippen molar-refractivity contribution in [3.63, 3.8) is 0 Å². The smallest absolute Gasteiger partial charge is 0.907 e. The zero-order valence-corrected chi connectivity index (χ0v) is 16.1. The van der Waals surface area contributed by atoms with Crippen molar-refractivity contribution in [1.82, 2.24) is 0 Å². The molecule has 8 N–H and O–H groups in total. The van der Waals surface area contributed by atoms with Crippen LogP contribution in [0.15, 0.2) is 0 Å². The van der Waals surface area contributed by atoms with Crippen LogP contribution in [-0.2, 0) is 0 Å². The second kappa shape index (κ2) is 31.5. The molecule has 0 unspecified atom stereocenters. The maximum Gasteiger partial charge on any atom is 2.00 e. The predicted molar refractivity (Wildman–Crippen MR) is 52.3 cm³/mol. The topological polar surface area (TPSA) is 254 Å². The van der Waals surface area contributed by atoms with E-state index in [0.717, 1.165) is 0 Å². The molecule has 0 spiro atoms. The van der Waals surface area contributed by atoms with Gasteiger partial charge in [-0.25, -0.2) is 0 Å². The fourth-order valence-corrected chi connectivity index (χ4v) is 0. The molecule has 0 saturated carbocycles. The molecule has 0 rings (SSSR count). The summed E-state index contributed by atoms with van der Waals surface area (Å²) in [5.41, 5.74) is 0. The van der Waals surface area contributed by atoms with Crippen LogP contribution in [-0.4, -0.2) is 142 Å². The third-order valence-corrected chi connectivity index (χ3v) is 0. The third kappa shape index (κ3) is 1130. The number of hydrogen-bond acceptors (Lipinski definition) is 12. The van der Waals surface area contributed by atoms with Gasteiger partial charge < -0.3 is 60.3 Å². The van der Waals surface area contributed by atoms with Crippen molar-refractivity contribution in [2.24, 2.45) is 0 Å². The number of hydrogen-bond donors (Lipinski definition) is 8. The Hall–Kier alpha value is 2.18. The third-order valence-electron chi connectivity index (χ3n) is 0. The maximum atomic E-state index is 8.64. The normalized spacial score (nSPS) is 6.00. The van der Waals surface area contributed by atoms with Gasteiger partial charge in [0.05, 0.1) is 0 Å². The van der Waals surface area contributed by atoms with Gasteiger partial charge in [0.25, 0.3) is 0 Å². The van der Waals surface area contributed by atoms with E-state index in [2.05, 4.69) is 0 Å². The van der Waals surface area contributed by atoms with Crippen LogP contribution in [0.1, 0.15) is 0 Å². The van der Waals surface area contributed by atoms with Crippen molar-refractivity contribution < 1.29 is 60.3 Å². The molecule has 0 aliphatic heterocycles. The fraction of sp³-hybridized carbons (Fsp3) is 0. The van der Waals surface area contributed by atoms with E-state index in [1.165, 1.54) is 0 Å². The largest absolute Gasteiger partial charge is 2.00 e. The molecule has 0 atom stereocenters. The molecule has 12 nitrogen and oxygen atoms in total. The Balaban J connectivity index is -0.0000000257. The first kappa shape index (κ1) is 36.9. The van der Waals surface area contributed by atoms with Crippen LogP contribution in [0.3, 0.4) is 0 Å². The van der Waals surface area contributed by atoms with Crippen LogP contribution < -0.4 is 20.1 Å². The van der Waals surface area contributed by atoms with E-state index in [1.54, 1.807) is 0 Å². The summed E-state index contributed by atoms with van der Waals surface area (Å²) in [6, 6.07) is 0. The average Bonchev–Trinajstić information content (AvgIpc) is 1.76. The van der Waals surface area contributed by atoms with Crippen LogP contribution in [0.5, 0.6) is 0 Å². The van der Waals surface area contributed by atoms with E-state index in [4.69, 9.17) is 60.3 Å². The van der Waals surface area contributed by atoms with Crippen molar-refractivity contribution in [2.75, 3.05) is 0 Å². The minimum absolute atomic E-state index is 0. The number of rotatable bonds is 0. The van der Waals surface area contributed by atoms with Gasteiger partial charge in [0.15, 0.2) is 0 Å². The Morgan fingerprint density at radius 3 is 0.556 bits per heavy atom. The first-order valence-electron chi connectivity index (χ1n) is 3.01. The van der Waals surface area contributed by atoms with Gasteiger partial charge in [-0.1, -0.05) is 0 Å². The van der Waals surface area contributed by atoms with Crippen LogP contribution in [0, 0.1) is 0 Å².